The predicted octanol–water partition coefficient (Wildman–Crippen LogP) is 3.90. The molecule has 0 fully saturated rings. The first kappa shape index (κ1) is 16.0. The molecule has 114 valence electrons. The van der Waals surface area contributed by atoms with Gasteiger partial charge in [0.2, 0.25) is 5.89 Å². The molecule has 0 unspecified atom stereocenters. The molecule has 0 saturated heterocycles. The van der Waals surface area contributed by atoms with E-state index in [9.17, 15) is 5.11 Å². The predicted molar refractivity (Wildman–Crippen MR) is 85.5 cm³/mol. The maximum Gasteiger partial charge on any atom is 0.276 e. The highest BCUT2D eigenvalue weighted by Crippen LogP contribution is 2.28. The molecule has 5 heteroatoms. The van der Waals surface area contributed by atoms with Gasteiger partial charge in [-0.05, 0) is 37.0 Å². The van der Waals surface area contributed by atoms with Gasteiger partial charge in [0.15, 0.2) is 0 Å². The van der Waals surface area contributed by atoms with Crippen LogP contribution >= 0.6 is 11.8 Å². The van der Waals surface area contributed by atoms with Crippen molar-refractivity contribution in [1.29, 1.82) is 0 Å². The maximum atomic E-state index is 9.70. The van der Waals surface area contributed by atoms with Crippen molar-refractivity contribution < 1.29 is 9.52 Å². The lowest BCUT2D eigenvalue weighted by Gasteiger charge is -2.18. The van der Waals surface area contributed by atoms with E-state index in [2.05, 4.69) is 43.1 Å². The monoisotopic (exact) mass is 306 g/mol. The van der Waals surface area contributed by atoms with Gasteiger partial charge >= 0.3 is 0 Å². The highest BCUT2D eigenvalue weighted by Gasteiger charge is 2.17. The number of thioether (sulfide) groups is 1. The van der Waals surface area contributed by atoms with Crippen molar-refractivity contribution in [2.75, 3.05) is 5.75 Å². The molecule has 0 saturated carbocycles. The third-order valence-electron chi connectivity index (χ3n) is 2.95. The third kappa shape index (κ3) is 4.58. The normalized spacial score (nSPS) is 12.7. The summed E-state index contributed by atoms with van der Waals surface area (Å²) >= 11 is 1.36. The van der Waals surface area contributed by atoms with Crippen molar-refractivity contribution >= 4 is 11.8 Å². The number of nitrogens with zero attached hydrogens (tertiary/aromatic N) is 2. The Balaban J connectivity index is 2.11. The van der Waals surface area contributed by atoms with Crippen LogP contribution in [-0.2, 0) is 5.41 Å². The molecule has 4 nitrogen and oxygen atoms in total. The van der Waals surface area contributed by atoms with Crippen LogP contribution in [0.3, 0.4) is 0 Å². The summed E-state index contributed by atoms with van der Waals surface area (Å²) < 4.78 is 5.62. The number of aromatic nitrogens is 2. The summed E-state index contributed by atoms with van der Waals surface area (Å²) in [6, 6.07) is 8.17. The van der Waals surface area contributed by atoms with Gasteiger partial charge in [-0.25, -0.2) is 0 Å². The highest BCUT2D eigenvalue weighted by molar-refractivity contribution is 7.99. The molecule has 21 heavy (non-hydrogen) atoms. The molecule has 0 aliphatic carbocycles. The van der Waals surface area contributed by atoms with E-state index in [1.807, 2.05) is 12.1 Å². The smallest absolute Gasteiger partial charge is 0.276 e. The lowest BCUT2D eigenvalue weighted by Crippen LogP contribution is -2.21. The van der Waals surface area contributed by atoms with E-state index in [0.717, 1.165) is 5.56 Å². The lowest BCUT2D eigenvalue weighted by atomic mass is 9.87. The van der Waals surface area contributed by atoms with E-state index in [4.69, 9.17) is 4.42 Å². The van der Waals surface area contributed by atoms with E-state index >= 15 is 0 Å². The molecular weight excluding hydrogens is 284 g/mol. The highest BCUT2D eigenvalue weighted by atomic mass is 32.2. The second-order valence-corrected chi connectivity index (χ2v) is 7.73. The molecule has 1 heterocycles. The van der Waals surface area contributed by atoms with Crippen LogP contribution in [0.1, 0.15) is 40.2 Å². The minimum atomic E-state index is -0.756. The zero-order chi connectivity index (χ0) is 15.7. The van der Waals surface area contributed by atoms with Crippen molar-refractivity contribution in [2.45, 2.75) is 50.9 Å². The van der Waals surface area contributed by atoms with Crippen molar-refractivity contribution in [1.82, 2.24) is 10.2 Å². The molecule has 2 rings (SSSR count). The van der Waals surface area contributed by atoms with Crippen LogP contribution in [0.4, 0.5) is 0 Å². The van der Waals surface area contributed by atoms with Gasteiger partial charge in [0.25, 0.3) is 5.22 Å². The summed E-state index contributed by atoms with van der Waals surface area (Å²) in [6.45, 7) is 10.0. The molecule has 1 N–H and O–H groups in total. The summed E-state index contributed by atoms with van der Waals surface area (Å²) in [4.78, 5) is 0. The van der Waals surface area contributed by atoms with Gasteiger partial charge in [0, 0.05) is 11.3 Å². The Hall–Kier alpha value is -1.33. The summed E-state index contributed by atoms with van der Waals surface area (Å²) in [5, 5.41) is 18.2. The van der Waals surface area contributed by atoms with E-state index in [1.165, 1.54) is 17.3 Å². The van der Waals surface area contributed by atoms with Gasteiger partial charge in [-0.2, -0.15) is 0 Å². The Morgan fingerprint density at radius 1 is 1.05 bits per heavy atom. The van der Waals surface area contributed by atoms with Gasteiger partial charge in [-0.1, -0.05) is 44.7 Å². The maximum absolute atomic E-state index is 9.70. The Bertz CT molecular complexity index is 592. The molecular formula is C16H22N2O2S. The van der Waals surface area contributed by atoms with Crippen LogP contribution in [-0.4, -0.2) is 26.7 Å². The number of rotatable bonds is 4. The zero-order valence-corrected chi connectivity index (χ0v) is 14.0. The van der Waals surface area contributed by atoms with E-state index < -0.39 is 5.60 Å². The number of benzene rings is 1. The Labute approximate surface area is 130 Å². The van der Waals surface area contributed by atoms with Gasteiger partial charge in [0.1, 0.15) is 0 Å². The second kappa shape index (κ2) is 5.81. The van der Waals surface area contributed by atoms with Crippen LogP contribution in [0.5, 0.6) is 0 Å². The van der Waals surface area contributed by atoms with E-state index in [1.54, 1.807) is 13.8 Å². The van der Waals surface area contributed by atoms with E-state index in [0.29, 0.717) is 16.9 Å². The van der Waals surface area contributed by atoms with Gasteiger partial charge in [-0.3, -0.25) is 0 Å². The van der Waals surface area contributed by atoms with Crippen molar-refractivity contribution in [3.63, 3.8) is 0 Å². The SMILES string of the molecule is CC(C)(O)CSc1nnc(-c2ccc(C(C)(C)C)cc2)o1. The topological polar surface area (TPSA) is 59.2 Å². The minimum absolute atomic E-state index is 0.126. The largest absolute Gasteiger partial charge is 0.411 e. The first-order valence-electron chi connectivity index (χ1n) is 6.95. The molecule has 0 aliphatic rings. The fourth-order valence-corrected chi connectivity index (χ4v) is 2.45. The van der Waals surface area contributed by atoms with Gasteiger partial charge < -0.3 is 9.52 Å². The first-order valence-corrected chi connectivity index (χ1v) is 7.93. The second-order valence-electron chi connectivity index (χ2n) is 6.80. The van der Waals surface area contributed by atoms with Crippen LogP contribution in [0.25, 0.3) is 11.5 Å². The molecule has 1 aromatic carbocycles. The number of aliphatic hydroxyl groups is 1. The summed E-state index contributed by atoms with van der Waals surface area (Å²) in [6.07, 6.45) is 0. The summed E-state index contributed by atoms with van der Waals surface area (Å²) in [5.74, 6) is 1.02. The third-order valence-corrected chi connectivity index (χ3v) is 4.22. The van der Waals surface area contributed by atoms with Crippen LogP contribution in [0.2, 0.25) is 0 Å². The zero-order valence-electron chi connectivity index (χ0n) is 13.2. The van der Waals surface area contributed by atoms with Crippen molar-refractivity contribution in [3.8, 4) is 11.5 Å². The lowest BCUT2D eigenvalue weighted by molar-refractivity contribution is 0.106. The van der Waals surface area contributed by atoms with Gasteiger partial charge in [-0.15, -0.1) is 10.2 Å². The van der Waals surface area contributed by atoms with Gasteiger partial charge in [0.05, 0.1) is 5.60 Å². The molecule has 1 aromatic heterocycles. The molecule has 0 spiro atoms. The molecule has 0 radical (unpaired) electrons. The number of hydrogen-bond acceptors (Lipinski definition) is 5. The first-order chi connectivity index (χ1) is 9.65. The van der Waals surface area contributed by atoms with Crippen LogP contribution < -0.4 is 0 Å². The van der Waals surface area contributed by atoms with Crippen LogP contribution in [0, 0.1) is 0 Å². The van der Waals surface area contributed by atoms with E-state index in [-0.39, 0.29) is 5.41 Å². The number of hydrogen-bond donors (Lipinski definition) is 1. The molecule has 0 bridgehead atoms. The molecule has 0 atom stereocenters. The Morgan fingerprint density at radius 2 is 1.67 bits per heavy atom. The van der Waals surface area contributed by atoms with Crippen molar-refractivity contribution in [3.05, 3.63) is 29.8 Å². The Kier molecular flexibility index (Phi) is 4.44. The molecule has 0 amide bonds. The average Bonchev–Trinajstić information content (AvgIpc) is 2.83. The van der Waals surface area contributed by atoms with Crippen molar-refractivity contribution in [2.24, 2.45) is 0 Å². The fourth-order valence-electron chi connectivity index (χ4n) is 1.74. The summed E-state index contributed by atoms with van der Waals surface area (Å²) in [5.41, 5.74) is 1.54. The fraction of sp³-hybridized carbons (Fsp3) is 0.500. The standard InChI is InChI=1S/C16H22N2O2S/c1-15(2,3)12-8-6-11(7-9-12)13-17-18-14(20-13)21-10-16(4,5)19/h6-9,19H,10H2,1-5H3. The minimum Gasteiger partial charge on any atom is -0.411 e. The van der Waals surface area contributed by atoms with Crippen LogP contribution in [0.15, 0.2) is 33.9 Å². The summed E-state index contributed by atoms with van der Waals surface area (Å²) in [7, 11) is 0. The molecule has 2 aromatic rings. The quantitative estimate of drug-likeness (QED) is 0.868. The Morgan fingerprint density at radius 3 is 2.19 bits per heavy atom. The molecule has 0 aliphatic heterocycles. The average molecular weight is 306 g/mol.